The summed E-state index contributed by atoms with van der Waals surface area (Å²) < 4.78 is 4.51. The molecule has 1 aliphatic heterocycles. The summed E-state index contributed by atoms with van der Waals surface area (Å²) in [6.07, 6.45) is 1.20. The first-order chi connectivity index (χ1) is 7.20. The van der Waals surface area contributed by atoms with Gasteiger partial charge in [0.1, 0.15) is 5.82 Å². The molecule has 0 radical (unpaired) electrons. The average Bonchev–Trinajstić information content (AvgIpc) is 2.24. The van der Waals surface area contributed by atoms with Gasteiger partial charge in [0, 0.05) is 19.3 Å². The molecule has 0 unspecified atom stereocenters. The number of rotatable bonds is 2. The Morgan fingerprint density at radius 2 is 2.40 bits per heavy atom. The lowest BCUT2D eigenvalue weighted by Crippen LogP contribution is -2.51. The summed E-state index contributed by atoms with van der Waals surface area (Å²) in [5.41, 5.74) is 0. The van der Waals surface area contributed by atoms with Gasteiger partial charge in [0.15, 0.2) is 0 Å². The van der Waals surface area contributed by atoms with Gasteiger partial charge in [-0.05, 0) is 6.07 Å². The van der Waals surface area contributed by atoms with Gasteiger partial charge in [0.25, 0.3) is 0 Å². The summed E-state index contributed by atoms with van der Waals surface area (Å²) in [5, 5.41) is 9.13. The second-order valence-corrected chi connectivity index (χ2v) is 3.29. The lowest BCUT2D eigenvalue weighted by Gasteiger charge is -2.36. The minimum absolute atomic E-state index is 0.0383. The molecule has 1 aromatic rings. The fourth-order valence-electron chi connectivity index (χ4n) is 1.36. The van der Waals surface area contributed by atoms with Crippen LogP contribution in [0.2, 0.25) is 0 Å². The number of ether oxygens (including phenoxy) is 1. The number of aliphatic hydroxyl groups is 1. The fraction of sp³-hybridized carbons (Fsp3) is 0.444. The monoisotopic (exact) mass is 209 g/mol. The quantitative estimate of drug-likeness (QED) is 0.658. The van der Waals surface area contributed by atoms with Crippen molar-refractivity contribution < 1.29 is 14.6 Å². The van der Waals surface area contributed by atoms with Crippen LogP contribution in [-0.2, 0) is 4.74 Å². The summed E-state index contributed by atoms with van der Waals surface area (Å²) in [6.45, 7) is 1.08. The second-order valence-electron chi connectivity index (χ2n) is 3.29. The van der Waals surface area contributed by atoms with E-state index in [2.05, 4.69) is 14.7 Å². The highest BCUT2D eigenvalue weighted by Gasteiger charge is 2.26. The van der Waals surface area contributed by atoms with Gasteiger partial charge in [-0.25, -0.2) is 14.8 Å². The Kier molecular flexibility index (Phi) is 2.51. The van der Waals surface area contributed by atoms with E-state index in [1.807, 2.05) is 4.90 Å². The Hall–Kier alpha value is -1.69. The van der Waals surface area contributed by atoms with Crippen molar-refractivity contribution in [3.05, 3.63) is 18.1 Å². The SMILES string of the molecule is COC(=O)c1nccc(N2CC(O)C2)n1. The Labute approximate surface area is 86.5 Å². The minimum Gasteiger partial charge on any atom is -0.463 e. The Morgan fingerprint density at radius 1 is 1.67 bits per heavy atom. The van der Waals surface area contributed by atoms with E-state index in [1.165, 1.54) is 13.3 Å². The molecule has 0 atom stereocenters. The van der Waals surface area contributed by atoms with Crippen molar-refractivity contribution in [2.24, 2.45) is 0 Å². The number of carbonyl (C=O) groups excluding carboxylic acids is 1. The topological polar surface area (TPSA) is 75.5 Å². The molecule has 2 heterocycles. The molecule has 0 saturated carbocycles. The van der Waals surface area contributed by atoms with E-state index >= 15 is 0 Å². The zero-order valence-corrected chi connectivity index (χ0v) is 8.25. The number of aliphatic hydroxyl groups excluding tert-OH is 1. The Bertz CT molecular complexity index is 377. The molecule has 1 fully saturated rings. The number of carbonyl (C=O) groups is 1. The van der Waals surface area contributed by atoms with Gasteiger partial charge in [-0.2, -0.15) is 0 Å². The predicted octanol–water partition coefficient (Wildman–Crippen LogP) is -0.556. The molecule has 15 heavy (non-hydrogen) atoms. The normalized spacial score (nSPS) is 16.0. The van der Waals surface area contributed by atoms with Gasteiger partial charge in [0.05, 0.1) is 13.2 Å². The van der Waals surface area contributed by atoms with Gasteiger partial charge < -0.3 is 14.7 Å². The molecular formula is C9H11N3O3. The van der Waals surface area contributed by atoms with E-state index in [0.29, 0.717) is 18.9 Å². The third-order valence-electron chi connectivity index (χ3n) is 2.20. The van der Waals surface area contributed by atoms with Crippen LogP contribution in [0, 0.1) is 0 Å². The molecule has 1 aromatic heterocycles. The van der Waals surface area contributed by atoms with Crippen LogP contribution in [0.25, 0.3) is 0 Å². The average molecular weight is 209 g/mol. The molecule has 6 nitrogen and oxygen atoms in total. The smallest absolute Gasteiger partial charge is 0.376 e. The molecule has 6 heteroatoms. The maximum Gasteiger partial charge on any atom is 0.376 e. The third-order valence-corrected chi connectivity index (χ3v) is 2.20. The van der Waals surface area contributed by atoms with E-state index in [4.69, 9.17) is 5.11 Å². The maximum atomic E-state index is 11.1. The summed E-state index contributed by atoms with van der Waals surface area (Å²) in [4.78, 5) is 20.8. The maximum absolute atomic E-state index is 11.1. The van der Waals surface area contributed by atoms with Crippen LogP contribution in [0.4, 0.5) is 5.82 Å². The molecule has 0 bridgehead atoms. The van der Waals surface area contributed by atoms with Crippen molar-refractivity contribution in [2.45, 2.75) is 6.10 Å². The highest BCUT2D eigenvalue weighted by atomic mass is 16.5. The summed E-state index contributed by atoms with van der Waals surface area (Å²) in [7, 11) is 1.28. The number of methoxy groups -OCH3 is 1. The molecular weight excluding hydrogens is 198 g/mol. The lowest BCUT2D eigenvalue weighted by molar-refractivity contribution is 0.0586. The molecule has 1 aliphatic rings. The van der Waals surface area contributed by atoms with Crippen LogP contribution < -0.4 is 4.90 Å². The second kappa shape index (κ2) is 3.82. The fourth-order valence-corrected chi connectivity index (χ4v) is 1.36. The number of esters is 1. The Morgan fingerprint density at radius 3 is 3.00 bits per heavy atom. The minimum atomic E-state index is -0.557. The van der Waals surface area contributed by atoms with Crippen LogP contribution >= 0.6 is 0 Å². The molecule has 1 saturated heterocycles. The molecule has 0 aromatic carbocycles. The first-order valence-corrected chi connectivity index (χ1v) is 4.55. The first kappa shape index (κ1) is 9.85. The molecule has 80 valence electrons. The van der Waals surface area contributed by atoms with E-state index in [0.717, 1.165) is 0 Å². The molecule has 0 aliphatic carbocycles. The number of β-amino-alcohol motifs (C(OH)–C–C–N with tert-alkyl or cyclic N) is 1. The van der Waals surface area contributed by atoms with Crippen molar-refractivity contribution in [1.29, 1.82) is 0 Å². The van der Waals surface area contributed by atoms with Crippen LogP contribution in [-0.4, -0.2) is 47.3 Å². The standard InChI is InChI=1S/C9H11N3O3/c1-15-9(14)8-10-3-2-7(11-8)12-4-6(13)5-12/h2-3,6,13H,4-5H2,1H3. The third kappa shape index (κ3) is 1.89. The van der Waals surface area contributed by atoms with Crippen LogP contribution in [0.15, 0.2) is 12.3 Å². The highest BCUT2D eigenvalue weighted by Crippen LogP contribution is 2.17. The van der Waals surface area contributed by atoms with E-state index in [-0.39, 0.29) is 11.9 Å². The molecule has 2 rings (SSSR count). The van der Waals surface area contributed by atoms with E-state index in [1.54, 1.807) is 6.07 Å². The van der Waals surface area contributed by atoms with Gasteiger partial charge >= 0.3 is 5.97 Å². The van der Waals surface area contributed by atoms with Crippen molar-refractivity contribution in [2.75, 3.05) is 25.1 Å². The number of hydrogen-bond acceptors (Lipinski definition) is 6. The van der Waals surface area contributed by atoms with Crippen molar-refractivity contribution in [3.8, 4) is 0 Å². The Balaban J connectivity index is 2.16. The van der Waals surface area contributed by atoms with Gasteiger partial charge in [0.2, 0.25) is 5.82 Å². The van der Waals surface area contributed by atoms with Gasteiger partial charge in [-0.3, -0.25) is 0 Å². The van der Waals surface area contributed by atoms with Crippen LogP contribution in [0.3, 0.4) is 0 Å². The summed E-state index contributed by atoms with van der Waals surface area (Å²) in [6, 6.07) is 1.69. The number of hydrogen-bond donors (Lipinski definition) is 1. The number of anilines is 1. The molecule has 0 spiro atoms. The van der Waals surface area contributed by atoms with Crippen molar-refractivity contribution in [3.63, 3.8) is 0 Å². The zero-order valence-electron chi connectivity index (χ0n) is 8.25. The van der Waals surface area contributed by atoms with Gasteiger partial charge in [-0.15, -0.1) is 0 Å². The zero-order chi connectivity index (χ0) is 10.8. The summed E-state index contributed by atoms with van der Waals surface area (Å²) in [5.74, 6) is 0.116. The van der Waals surface area contributed by atoms with Crippen molar-refractivity contribution in [1.82, 2.24) is 9.97 Å². The van der Waals surface area contributed by atoms with Crippen LogP contribution in [0.5, 0.6) is 0 Å². The molecule has 0 amide bonds. The highest BCUT2D eigenvalue weighted by molar-refractivity contribution is 5.85. The van der Waals surface area contributed by atoms with Crippen LogP contribution in [0.1, 0.15) is 10.6 Å². The molecule has 1 N–H and O–H groups in total. The lowest BCUT2D eigenvalue weighted by atomic mass is 10.2. The number of nitrogens with zero attached hydrogens (tertiary/aromatic N) is 3. The summed E-state index contributed by atoms with van der Waals surface area (Å²) >= 11 is 0. The predicted molar refractivity (Wildman–Crippen MR) is 51.6 cm³/mol. The van der Waals surface area contributed by atoms with E-state index in [9.17, 15) is 4.79 Å². The van der Waals surface area contributed by atoms with Crippen molar-refractivity contribution >= 4 is 11.8 Å². The first-order valence-electron chi connectivity index (χ1n) is 4.55. The number of aromatic nitrogens is 2. The van der Waals surface area contributed by atoms with Gasteiger partial charge in [-0.1, -0.05) is 0 Å². The largest absolute Gasteiger partial charge is 0.463 e. The van der Waals surface area contributed by atoms with E-state index < -0.39 is 5.97 Å².